The second-order valence-electron chi connectivity index (χ2n) is 6.86. The number of rotatable bonds is 3. The maximum absolute atomic E-state index is 12.5. The second kappa shape index (κ2) is 6.52. The topological polar surface area (TPSA) is 49.8 Å². The van der Waals surface area contributed by atoms with Crippen LogP contribution in [0, 0.1) is 5.92 Å². The van der Waals surface area contributed by atoms with Gasteiger partial charge >= 0.3 is 0 Å². The summed E-state index contributed by atoms with van der Waals surface area (Å²) in [5, 5.41) is 11.1. The van der Waals surface area contributed by atoms with E-state index in [1.54, 1.807) is 7.11 Å². The van der Waals surface area contributed by atoms with E-state index in [2.05, 4.69) is 0 Å². The molecule has 2 aliphatic rings. The smallest absolute Gasteiger partial charge is 0.222 e. The molecule has 0 spiro atoms. The van der Waals surface area contributed by atoms with Crippen molar-refractivity contribution in [2.45, 2.75) is 57.1 Å². The van der Waals surface area contributed by atoms with Crippen LogP contribution in [0.5, 0.6) is 5.75 Å². The molecule has 0 unspecified atom stereocenters. The number of fused-ring (bicyclic) bond motifs is 1. The van der Waals surface area contributed by atoms with E-state index in [1.807, 2.05) is 36.1 Å². The molecular formula is C19H27NO3. The fourth-order valence-corrected chi connectivity index (χ4v) is 4.38. The van der Waals surface area contributed by atoms with Gasteiger partial charge in [-0.2, -0.15) is 0 Å². The molecule has 1 aliphatic carbocycles. The van der Waals surface area contributed by atoms with Crippen molar-refractivity contribution in [3.05, 3.63) is 29.8 Å². The summed E-state index contributed by atoms with van der Waals surface area (Å²) < 4.78 is 5.25. The molecule has 4 heteroatoms. The summed E-state index contributed by atoms with van der Waals surface area (Å²) in [6.45, 7) is 2.56. The number of piperidine rings is 1. The zero-order valence-corrected chi connectivity index (χ0v) is 14.1. The molecule has 1 N–H and O–H groups in total. The summed E-state index contributed by atoms with van der Waals surface area (Å²) in [5.41, 5.74) is 0.491. The van der Waals surface area contributed by atoms with E-state index in [1.165, 1.54) is 0 Å². The van der Waals surface area contributed by atoms with Gasteiger partial charge in [0.1, 0.15) is 5.75 Å². The Morgan fingerprint density at radius 3 is 2.70 bits per heavy atom. The number of likely N-dealkylation sites (tertiary alicyclic amines) is 1. The van der Waals surface area contributed by atoms with Crippen molar-refractivity contribution in [1.82, 2.24) is 4.90 Å². The van der Waals surface area contributed by atoms with Crippen LogP contribution in [-0.2, 0) is 4.79 Å². The highest BCUT2D eigenvalue weighted by atomic mass is 16.5. The molecule has 1 heterocycles. The summed E-state index contributed by atoms with van der Waals surface area (Å²) >= 11 is 0. The minimum Gasteiger partial charge on any atom is -0.497 e. The third-order valence-corrected chi connectivity index (χ3v) is 5.65. The van der Waals surface area contributed by atoms with Crippen molar-refractivity contribution < 1.29 is 14.6 Å². The maximum Gasteiger partial charge on any atom is 0.222 e. The minimum atomic E-state index is -0.618. The van der Waals surface area contributed by atoms with Crippen LogP contribution in [-0.4, -0.2) is 35.2 Å². The number of carbonyl (C=O) groups excluding carboxylic acids is 1. The first-order valence-electron chi connectivity index (χ1n) is 8.75. The van der Waals surface area contributed by atoms with Crippen molar-refractivity contribution in [1.29, 1.82) is 0 Å². The minimum absolute atomic E-state index is 0.0209. The van der Waals surface area contributed by atoms with Crippen molar-refractivity contribution >= 4 is 5.91 Å². The summed E-state index contributed by atoms with van der Waals surface area (Å²) in [5.74, 6) is 1.13. The molecule has 23 heavy (non-hydrogen) atoms. The Kier molecular flexibility index (Phi) is 4.62. The van der Waals surface area contributed by atoms with Crippen LogP contribution in [0.25, 0.3) is 0 Å². The van der Waals surface area contributed by atoms with Crippen LogP contribution >= 0.6 is 0 Å². The number of hydrogen-bond donors (Lipinski definition) is 1. The molecule has 0 bridgehead atoms. The van der Waals surface area contributed by atoms with E-state index in [0.29, 0.717) is 19.4 Å². The molecule has 1 saturated heterocycles. The molecule has 0 aromatic heterocycles. The Labute approximate surface area is 138 Å². The predicted octanol–water partition coefficient (Wildman–Crippen LogP) is 3.30. The van der Waals surface area contributed by atoms with Gasteiger partial charge in [0, 0.05) is 18.9 Å². The van der Waals surface area contributed by atoms with Crippen molar-refractivity contribution in [3.8, 4) is 5.75 Å². The highest BCUT2D eigenvalue weighted by Gasteiger charge is 2.49. The molecule has 0 radical (unpaired) electrons. The molecule has 1 amide bonds. The zero-order chi connectivity index (χ0) is 16.4. The van der Waals surface area contributed by atoms with E-state index in [4.69, 9.17) is 4.74 Å². The van der Waals surface area contributed by atoms with Gasteiger partial charge in [0.05, 0.1) is 18.8 Å². The lowest BCUT2D eigenvalue weighted by atomic mass is 9.66. The van der Waals surface area contributed by atoms with Crippen LogP contribution in [0.3, 0.4) is 0 Å². The van der Waals surface area contributed by atoms with E-state index in [0.717, 1.165) is 37.0 Å². The number of methoxy groups -OCH3 is 1. The number of carbonyl (C=O) groups is 1. The Morgan fingerprint density at radius 2 is 2.04 bits per heavy atom. The van der Waals surface area contributed by atoms with Gasteiger partial charge in [-0.05, 0) is 37.0 Å². The molecule has 1 aromatic rings. The lowest BCUT2D eigenvalue weighted by Gasteiger charge is -2.52. The first-order chi connectivity index (χ1) is 11.1. The summed E-state index contributed by atoms with van der Waals surface area (Å²) in [6.07, 6.45) is 5.28. The van der Waals surface area contributed by atoms with Gasteiger partial charge in [-0.25, -0.2) is 0 Å². The summed E-state index contributed by atoms with van der Waals surface area (Å²) in [4.78, 5) is 14.5. The van der Waals surface area contributed by atoms with Crippen molar-refractivity contribution in [2.24, 2.45) is 5.92 Å². The average molecular weight is 317 g/mol. The third-order valence-electron chi connectivity index (χ3n) is 5.65. The normalized spacial score (nSPS) is 30.7. The lowest BCUT2D eigenvalue weighted by Crippen LogP contribution is -2.56. The van der Waals surface area contributed by atoms with Gasteiger partial charge in [-0.15, -0.1) is 0 Å². The molecular weight excluding hydrogens is 290 g/mol. The lowest BCUT2D eigenvalue weighted by molar-refractivity contribution is -0.155. The fourth-order valence-electron chi connectivity index (χ4n) is 4.38. The predicted molar refractivity (Wildman–Crippen MR) is 89.3 cm³/mol. The van der Waals surface area contributed by atoms with Gasteiger partial charge in [0.2, 0.25) is 5.91 Å². The molecule has 1 aliphatic heterocycles. The van der Waals surface area contributed by atoms with Crippen LogP contribution < -0.4 is 4.74 Å². The van der Waals surface area contributed by atoms with E-state index in [-0.39, 0.29) is 17.9 Å². The quantitative estimate of drug-likeness (QED) is 0.930. The summed E-state index contributed by atoms with van der Waals surface area (Å²) in [6, 6.07) is 7.95. The Morgan fingerprint density at radius 1 is 1.30 bits per heavy atom. The SMILES string of the molecule is CCC(=O)N1CC[C@]2(O)CCCC[C@H]2[C@@H]1c1ccc(OC)cc1. The Hall–Kier alpha value is -1.55. The van der Waals surface area contributed by atoms with Crippen LogP contribution in [0.15, 0.2) is 24.3 Å². The number of benzene rings is 1. The van der Waals surface area contributed by atoms with Gasteiger partial charge in [-0.3, -0.25) is 4.79 Å². The van der Waals surface area contributed by atoms with Gasteiger partial charge in [0.25, 0.3) is 0 Å². The fraction of sp³-hybridized carbons (Fsp3) is 0.632. The molecule has 126 valence electrons. The Balaban J connectivity index is 1.98. The van der Waals surface area contributed by atoms with Gasteiger partial charge in [-0.1, -0.05) is 31.9 Å². The third kappa shape index (κ3) is 2.97. The van der Waals surface area contributed by atoms with Crippen LogP contribution in [0.4, 0.5) is 0 Å². The first kappa shape index (κ1) is 16.3. The largest absolute Gasteiger partial charge is 0.497 e. The van der Waals surface area contributed by atoms with Crippen molar-refractivity contribution in [3.63, 3.8) is 0 Å². The molecule has 4 nitrogen and oxygen atoms in total. The number of amides is 1. The molecule has 1 aromatic carbocycles. The van der Waals surface area contributed by atoms with E-state index in [9.17, 15) is 9.90 Å². The average Bonchev–Trinajstić information content (AvgIpc) is 2.59. The maximum atomic E-state index is 12.5. The number of ether oxygens (including phenoxy) is 1. The van der Waals surface area contributed by atoms with Crippen LogP contribution in [0.2, 0.25) is 0 Å². The standard InChI is InChI=1S/C19H27NO3/c1-3-17(21)20-13-12-19(22)11-5-4-6-16(19)18(20)14-7-9-15(23-2)10-8-14/h7-10,16,18,22H,3-6,11-13H2,1-2H3/t16-,18-,19+/m0/s1. The van der Waals surface area contributed by atoms with Crippen LogP contribution in [0.1, 0.15) is 57.1 Å². The first-order valence-corrected chi connectivity index (χ1v) is 8.75. The van der Waals surface area contributed by atoms with E-state index < -0.39 is 5.60 Å². The molecule has 2 fully saturated rings. The molecule has 3 rings (SSSR count). The second-order valence-corrected chi connectivity index (χ2v) is 6.86. The van der Waals surface area contributed by atoms with Gasteiger partial charge in [0.15, 0.2) is 0 Å². The van der Waals surface area contributed by atoms with Gasteiger partial charge < -0.3 is 14.7 Å². The number of nitrogens with zero attached hydrogens (tertiary/aromatic N) is 1. The monoisotopic (exact) mass is 317 g/mol. The highest BCUT2D eigenvalue weighted by molar-refractivity contribution is 5.76. The molecule has 3 atom stereocenters. The number of hydrogen-bond acceptors (Lipinski definition) is 3. The Bertz CT molecular complexity index is 556. The van der Waals surface area contributed by atoms with E-state index >= 15 is 0 Å². The van der Waals surface area contributed by atoms with Crippen molar-refractivity contribution in [2.75, 3.05) is 13.7 Å². The zero-order valence-electron chi connectivity index (χ0n) is 14.1. The molecule has 1 saturated carbocycles. The number of aliphatic hydroxyl groups is 1. The summed E-state index contributed by atoms with van der Waals surface area (Å²) in [7, 11) is 1.66. The highest BCUT2D eigenvalue weighted by Crippen LogP contribution is 2.49.